The lowest BCUT2D eigenvalue weighted by Crippen LogP contribution is -2.14. The van der Waals surface area contributed by atoms with Crippen molar-refractivity contribution >= 4 is 17.5 Å². The number of rotatable bonds is 5. The molecule has 0 radical (unpaired) electrons. The Morgan fingerprint density at radius 3 is 2.59 bits per heavy atom. The minimum absolute atomic E-state index is 0.279. The van der Waals surface area contributed by atoms with Crippen molar-refractivity contribution in [1.82, 2.24) is 19.7 Å². The van der Waals surface area contributed by atoms with Crippen molar-refractivity contribution in [3.63, 3.8) is 0 Å². The normalized spacial score (nSPS) is 10.7. The van der Waals surface area contributed by atoms with Gasteiger partial charge in [0.15, 0.2) is 5.82 Å². The predicted molar refractivity (Wildman–Crippen MR) is 104 cm³/mol. The van der Waals surface area contributed by atoms with Gasteiger partial charge in [-0.3, -0.25) is 0 Å². The van der Waals surface area contributed by atoms with E-state index in [0.29, 0.717) is 11.8 Å². The first-order chi connectivity index (χ1) is 12.9. The van der Waals surface area contributed by atoms with Crippen LogP contribution in [0.5, 0.6) is 0 Å². The smallest absolute Gasteiger partial charge is 0.343 e. The van der Waals surface area contributed by atoms with Crippen molar-refractivity contribution in [3.8, 4) is 5.95 Å². The Balaban J connectivity index is 2.07. The minimum atomic E-state index is -0.468. The molecule has 0 aliphatic carbocycles. The molecule has 140 valence electrons. The number of benzene rings is 1. The molecule has 0 bridgehead atoms. The van der Waals surface area contributed by atoms with E-state index in [1.54, 1.807) is 11.6 Å². The molecule has 0 aliphatic heterocycles. The van der Waals surface area contributed by atoms with Gasteiger partial charge in [-0.2, -0.15) is 10.1 Å². The van der Waals surface area contributed by atoms with E-state index in [9.17, 15) is 4.79 Å². The first kappa shape index (κ1) is 18.6. The fourth-order valence-electron chi connectivity index (χ4n) is 2.84. The molecule has 2 heterocycles. The SMILES string of the molecule is CCOC(=O)c1cnc(-n2nc(C)cc2C)nc1Nc1ccc(C)cc1C. The summed E-state index contributed by atoms with van der Waals surface area (Å²) in [5, 5.41) is 7.67. The van der Waals surface area contributed by atoms with Crippen LogP contribution >= 0.6 is 0 Å². The third kappa shape index (κ3) is 3.97. The maximum atomic E-state index is 12.3. The van der Waals surface area contributed by atoms with Crippen LogP contribution < -0.4 is 5.32 Å². The molecular weight excluding hydrogens is 342 g/mol. The van der Waals surface area contributed by atoms with Crippen LogP contribution in [0.15, 0.2) is 30.5 Å². The molecule has 7 heteroatoms. The summed E-state index contributed by atoms with van der Waals surface area (Å²) < 4.78 is 6.80. The third-order valence-electron chi connectivity index (χ3n) is 4.11. The van der Waals surface area contributed by atoms with E-state index in [4.69, 9.17) is 4.74 Å². The lowest BCUT2D eigenvalue weighted by molar-refractivity contribution is 0.0526. The second-order valence-corrected chi connectivity index (χ2v) is 6.44. The van der Waals surface area contributed by atoms with Crippen LogP contribution in [0.4, 0.5) is 11.5 Å². The molecule has 1 N–H and O–H groups in total. The van der Waals surface area contributed by atoms with Crippen molar-refractivity contribution in [2.24, 2.45) is 0 Å². The molecule has 7 nitrogen and oxygen atoms in total. The number of carbonyl (C=O) groups excluding carboxylic acids is 1. The molecule has 0 aliphatic rings. The topological polar surface area (TPSA) is 81.9 Å². The van der Waals surface area contributed by atoms with Gasteiger partial charge in [-0.05, 0) is 52.3 Å². The van der Waals surface area contributed by atoms with Crippen molar-refractivity contribution in [3.05, 3.63) is 58.5 Å². The molecule has 0 spiro atoms. The van der Waals surface area contributed by atoms with Gasteiger partial charge in [-0.15, -0.1) is 0 Å². The van der Waals surface area contributed by atoms with Crippen LogP contribution in [0, 0.1) is 27.7 Å². The number of anilines is 2. The molecule has 1 aromatic carbocycles. The number of nitrogens with zero attached hydrogens (tertiary/aromatic N) is 4. The first-order valence-corrected chi connectivity index (χ1v) is 8.81. The van der Waals surface area contributed by atoms with Gasteiger partial charge in [-0.1, -0.05) is 17.7 Å². The first-order valence-electron chi connectivity index (χ1n) is 8.81. The van der Waals surface area contributed by atoms with Gasteiger partial charge in [0.1, 0.15) is 5.56 Å². The zero-order valence-corrected chi connectivity index (χ0v) is 16.2. The van der Waals surface area contributed by atoms with Gasteiger partial charge in [0.05, 0.1) is 12.3 Å². The van der Waals surface area contributed by atoms with E-state index in [1.165, 1.54) is 6.20 Å². The number of hydrogen-bond donors (Lipinski definition) is 1. The molecule has 27 heavy (non-hydrogen) atoms. The molecule has 0 unspecified atom stereocenters. The van der Waals surface area contributed by atoms with E-state index < -0.39 is 5.97 Å². The Hall–Kier alpha value is -3.22. The van der Waals surface area contributed by atoms with Crippen molar-refractivity contribution in [1.29, 1.82) is 0 Å². The second-order valence-electron chi connectivity index (χ2n) is 6.44. The lowest BCUT2D eigenvalue weighted by atomic mass is 10.1. The summed E-state index contributed by atoms with van der Waals surface area (Å²) >= 11 is 0. The van der Waals surface area contributed by atoms with Crippen LogP contribution in [-0.2, 0) is 4.74 Å². The lowest BCUT2D eigenvalue weighted by Gasteiger charge is -2.14. The van der Waals surface area contributed by atoms with Gasteiger partial charge < -0.3 is 10.1 Å². The zero-order chi connectivity index (χ0) is 19.6. The monoisotopic (exact) mass is 365 g/mol. The highest BCUT2D eigenvalue weighted by atomic mass is 16.5. The number of carbonyl (C=O) groups is 1. The zero-order valence-electron chi connectivity index (χ0n) is 16.2. The summed E-state index contributed by atoms with van der Waals surface area (Å²) in [5.74, 6) is 0.309. The molecular formula is C20H23N5O2. The Kier molecular flexibility index (Phi) is 5.21. The van der Waals surface area contributed by atoms with Crippen molar-refractivity contribution < 1.29 is 9.53 Å². The Bertz CT molecular complexity index is 994. The Labute approximate surface area is 158 Å². The van der Waals surface area contributed by atoms with Gasteiger partial charge in [-0.25, -0.2) is 14.5 Å². The largest absolute Gasteiger partial charge is 0.462 e. The number of esters is 1. The molecule has 0 amide bonds. The van der Waals surface area contributed by atoms with Crippen LogP contribution in [0.1, 0.15) is 39.8 Å². The van der Waals surface area contributed by atoms with Gasteiger partial charge in [0.2, 0.25) is 0 Å². The standard InChI is InChI=1S/C20H23N5O2/c1-6-27-19(26)16-11-21-20(25-15(5)10-14(4)24-25)23-18(16)22-17-8-7-12(2)9-13(17)3/h7-11H,6H2,1-5H3,(H,21,22,23). The van der Waals surface area contributed by atoms with E-state index in [1.807, 2.05) is 45.9 Å². The Morgan fingerprint density at radius 1 is 1.19 bits per heavy atom. The number of ether oxygens (including phenoxy) is 1. The van der Waals surface area contributed by atoms with Crippen molar-refractivity contribution in [2.45, 2.75) is 34.6 Å². The Morgan fingerprint density at radius 2 is 1.96 bits per heavy atom. The number of hydrogen-bond acceptors (Lipinski definition) is 6. The molecule has 3 aromatic rings. The van der Waals surface area contributed by atoms with Gasteiger partial charge >= 0.3 is 5.97 Å². The number of aromatic nitrogens is 4. The highest BCUT2D eigenvalue weighted by Gasteiger charge is 2.18. The van der Waals surface area contributed by atoms with Gasteiger partial charge in [0, 0.05) is 17.6 Å². The summed E-state index contributed by atoms with van der Waals surface area (Å²) in [7, 11) is 0. The predicted octanol–water partition coefficient (Wildman–Crippen LogP) is 3.82. The second kappa shape index (κ2) is 7.57. The molecule has 2 aromatic heterocycles. The van der Waals surface area contributed by atoms with E-state index in [0.717, 1.165) is 28.2 Å². The molecule has 3 rings (SSSR count). The maximum Gasteiger partial charge on any atom is 0.343 e. The summed E-state index contributed by atoms with van der Waals surface area (Å²) in [6.45, 7) is 9.92. The molecule has 0 atom stereocenters. The van der Waals surface area contributed by atoms with Crippen LogP contribution in [0.25, 0.3) is 5.95 Å². The summed E-state index contributed by atoms with van der Waals surface area (Å²) in [6.07, 6.45) is 1.47. The van der Waals surface area contributed by atoms with Crippen LogP contribution in [0.2, 0.25) is 0 Å². The highest BCUT2D eigenvalue weighted by Crippen LogP contribution is 2.24. The van der Waals surface area contributed by atoms with Crippen LogP contribution in [-0.4, -0.2) is 32.3 Å². The maximum absolute atomic E-state index is 12.3. The summed E-state index contributed by atoms with van der Waals surface area (Å²) in [5.41, 5.74) is 5.14. The fourth-order valence-corrected chi connectivity index (χ4v) is 2.84. The molecule has 0 saturated heterocycles. The average molecular weight is 365 g/mol. The van der Waals surface area contributed by atoms with Crippen LogP contribution in [0.3, 0.4) is 0 Å². The molecule has 0 fully saturated rings. The quantitative estimate of drug-likeness (QED) is 0.692. The number of aryl methyl sites for hydroxylation is 4. The summed E-state index contributed by atoms with van der Waals surface area (Å²) in [6, 6.07) is 7.97. The van der Waals surface area contributed by atoms with E-state index in [2.05, 4.69) is 26.4 Å². The average Bonchev–Trinajstić information content (AvgIpc) is 2.96. The minimum Gasteiger partial charge on any atom is -0.462 e. The molecule has 0 saturated carbocycles. The third-order valence-corrected chi connectivity index (χ3v) is 4.11. The van der Waals surface area contributed by atoms with Crippen molar-refractivity contribution in [2.75, 3.05) is 11.9 Å². The van der Waals surface area contributed by atoms with Gasteiger partial charge in [0.25, 0.3) is 5.95 Å². The van der Waals surface area contributed by atoms with E-state index in [-0.39, 0.29) is 12.2 Å². The van der Waals surface area contributed by atoms with E-state index >= 15 is 0 Å². The number of nitrogens with one attached hydrogen (secondary N) is 1. The highest BCUT2D eigenvalue weighted by molar-refractivity contribution is 5.95. The fraction of sp³-hybridized carbons (Fsp3) is 0.300. The summed E-state index contributed by atoms with van der Waals surface area (Å²) in [4.78, 5) is 21.2.